The molecule has 0 bridgehead atoms. The second kappa shape index (κ2) is 5.64. The number of rotatable bonds is 3. The molecule has 0 aliphatic rings. The summed E-state index contributed by atoms with van der Waals surface area (Å²) < 4.78 is 4.60. The molecule has 0 fully saturated rings. The molecule has 0 atom stereocenters. The average molecular weight is 335 g/mol. The van der Waals surface area contributed by atoms with Crippen LogP contribution in [0.2, 0.25) is 13.1 Å². The Labute approximate surface area is 112 Å². The quantitative estimate of drug-likeness (QED) is 0.587. The van der Waals surface area contributed by atoms with E-state index in [4.69, 9.17) is 0 Å². The molecule has 0 unspecified atom stereocenters. The Morgan fingerprint density at radius 3 is 0.812 bits per heavy atom. The first-order valence-electron chi connectivity index (χ1n) is 6.51. The van der Waals surface area contributed by atoms with Gasteiger partial charge in [0.15, 0.2) is 0 Å². The molecule has 0 aromatic carbocycles. The molecule has 0 aromatic rings. The molecule has 0 aliphatic carbocycles. The molecule has 98 valence electrons. The zero-order valence-corrected chi connectivity index (χ0v) is 15.6. The van der Waals surface area contributed by atoms with E-state index < -0.39 is 20.2 Å². The van der Waals surface area contributed by atoms with Gasteiger partial charge in [-0.15, -0.1) is 0 Å². The van der Waals surface area contributed by atoms with Gasteiger partial charge in [0.05, 0.1) is 0 Å². The van der Waals surface area contributed by atoms with E-state index in [2.05, 4.69) is 62.3 Å². The van der Waals surface area contributed by atoms with Crippen LogP contribution in [0.3, 0.4) is 0 Å². The molecule has 0 radical (unpaired) electrons. The molecule has 0 saturated heterocycles. The fourth-order valence-electron chi connectivity index (χ4n) is 2.18. The third kappa shape index (κ3) is 11.3. The van der Waals surface area contributed by atoms with Crippen molar-refractivity contribution < 1.29 is 0 Å². The van der Waals surface area contributed by atoms with E-state index in [9.17, 15) is 0 Å². The van der Waals surface area contributed by atoms with E-state index in [-0.39, 0.29) is 0 Å². The van der Waals surface area contributed by atoms with Gasteiger partial charge < -0.3 is 0 Å². The molecule has 0 nitrogen and oxygen atoms in total. The van der Waals surface area contributed by atoms with E-state index in [0.717, 1.165) is 0 Å². The summed E-state index contributed by atoms with van der Waals surface area (Å²) in [4.78, 5) is 0. The molecule has 0 saturated carbocycles. The Balaban J connectivity index is 4.53. The van der Waals surface area contributed by atoms with Crippen LogP contribution in [0.4, 0.5) is 0 Å². The number of hydrogen-bond donors (Lipinski definition) is 0. The third-order valence-electron chi connectivity index (χ3n) is 2.09. The molecular formula is C15H33Sb. The van der Waals surface area contributed by atoms with Crippen LogP contribution in [0.15, 0.2) is 0 Å². The van der Waals surface area contributed by atoms with Crippen molar-refractivity contribution in [3.05, 3.63) is 0 Å². The van der Waals surface area contributed by atoms with E-state index >= 15 is 0 Å². The number of hydrogen-bond acceptors (Lipinski definition) is 0. The van der Waals surface area contributed by atoms with Gasteiger partial charge >= 0.3 is 112 Å². The third-order valence-corrected chi connectivity index (χ3v) is 14.0. The van der Waals surface area contributed by atoms with Crippen LogP contribution in [-0.2, 0) is 0 Å². The van der Waals surface area contributed by atoms with Crippen molar-refractivity contribution in [1.29, 1.82) is 0 Å². The Kier molecular flexibility index (Phi) is 5.93. The van der Waals surface area contributed by atoms with Gasteiger partial charge in [-0.1, -0.05) is 0 Å². The van der Waals surface area contributed by atoms with Gasteiger partial charge in [-0.3, -0.25) is 0 Å². The summed E-state index contributed by atoms with van der Waals surface area (Å²) in [5, 5.41) is 0. The van der Waals surface area contributed by atoms with Gasteiger partial charge in [-0.05, 0) is 0 Å². The van der Waals surface area contributed by atoms with E-state index in [1.54, 1.807) is 0 Å². The second-order valence-electron chi connectivity index (χ2n) is 8.83. The normalized spacial score (nSPS) is 14.6. The summed E-state index contributed by atoms with van der Waals surface area (Å²) >= 11 is -1.08. The first-order chi connectivity index (χ1) is 6.79. The second-order valence-corrected chi connectivity index (χ2v) is 15.4. The van der Waals surface area contributed by atoms with Crippen molar-refractivity contribution in [2.24, 2.45) is 16.2 Å². The van der Waals surface area contributed by atoms with Crippen molar-refractivity contribution in [3.63, 3.8) is 0 Å². The zero-order chi connectivity index (χ0) is 13.2. The molecule has 0 N–H and O–H groups in total. The zero-order valence-electron chi connectivity index (χ0n) is 13.1. The molecular weight excluding hydrogens is 302 g/mol. The Morgan fingerprint density at radius 1 is 0.500 bits per heavy atom. The van der Waals surface area contributed by atoms with Gasteiger partial charge in [0, 0.05) is 0 Å². The summed E-state index contributed by atoms with van der Waals surface area (Å²) in [5.74, 6) is 0. The van der Waals surface area contributed by atoms with Crippen LogP contribution in [0.5, 0.6) is 0 Å². The predicted octanol–water partition coefficient (Wildman–Crippen LogP) is 5.62. The standard InChI is InChI=1S/3C5H11.Sb/c3*1-5(2,3)4;/h3*1H2,2-4H3;. The topological polar surface area (TPSA) is 0 Å². The summed E-state index contributed by atoms with van der Waals surface area (Å²) in [5.41, 5.74) is 1.62. The molecule has 16 heavy (non-hydrogen) atoms. The van der Waals surface area contributed by atoms with Crippen molar-refractivity contribution in [2.75, 3.05) is 0 Å². The van der Waals surface area contributed by atoms with Crippen LogP contribution in [0, 0.1) is 16.2 Å². The van der Waals surface area contributed by atoms with Gasteiger partial charge in [-0.25, -0.2) is 0 Å². The average Bonchev–Trinajstić information content (AvgIpc) is 1.70. The van der Waals surface area contributed by atoms with Crippen LogP contribution < -0.4 is 0 Å². The molecule has 0 spiro atoms. The van der Waals surface area contributed by atoms with E-state index in [1.807, 2.05) is 0 Å². The van der Waals surface area contributed by atoms with Gasteiger partial charge in [0.2, 0.25) is 0 Å². The minimum absolute atomic E-state index is 0.541. The van der Waals surface area contributed by atoms with Crippen molar-refractivity contribution in [3.8, 4) is 0 Å². The van der Waals surface area contributed by atoms with Crippen molar-refractivity contribution in [2.45, 2.75) is 75.4 Å². The summed E-state index contributed by atoms with van der Waals surface area (Å²) in [6, 6.07) is 0. The van der Waals surface area contributed by atoms with Gasteiger partial charge in [0.25, 0.3) is 0 Å². The van der Waals surface area contributed by atoms with Crippen molar-refractivity contribution in [1.82, 2.24) is 0 Å². The summed E-state index contributed by atoms with van der Waals surface area (Å²) in [7, 11) is 0. The Morgan fingerprint density at radius 2 is 0.688 bits per heavy atom. The summed E-state index contributed by atoms with van der Waals surface area (Å²) in [6.45, 7) is 21.7. The summed E-state index contributed by atoms with van der Waals surface area (Å²) in [6.07, 6.45) is 0. The maximum absolute atomic E-state index is 2.41. The van der Waals surface area contributed by atoms with Crippen LogP contribution >= 0.6 is 0 Å². The Bertz CT molecular complexity index is 159. The molecule has 0 aromatic heterocycles. The first-order valence-corrected chi connectivity index (χ1v) is 11.9. The molecule has 0 amide bonds. The SMILES string of the molecule is CC(C)(C)[CH2][Sb]([CH2]C(C)(C)C)[CH2]C(C)(C)C. The van der Waals surface area contributed by atoms with Crippen molar-refractivity contribution >= 4 is 20.2 Å². The molecule has 1 heteroatoms. The molecule has 0 rings (SSSR count). The molecule has 0 heterocycles. The minimum atomic E-state index is -1.08. The Hall–Kier alpha value is 0.818. The van der Waals surface area contributed by atoms with Crippen LogP contribution in [-0.4, -0.2) is 20.2 Å². The van der Waals surface area contributed by atoms with Crippen LogP contribution in [0.1, 0.15) is 62.3 Å². The van der Waals surface area contributed by atoms with Crippen LogP contribution in [0.25, 0.3) is 0 Å². The van der Waals surface area contributed by atoms with Gasteiger partial charge in [0.1, 0.15) is 0 Å². The molecule has 0 aliphatic heterocycles. The van der Waals surface area contributed by atoms with E-state index in [1.165, 1.54) is 13.1 Å². The van der Waals surface area contributed by atoms with Gasteiger partial charge in [-0.2, -0.15) is 0 Å². The monoisotopic (exact) mass is 334 g/mol. The maximum atomic E-state index is 2.41. The first kappa shape index (κ1) is 16.8. The van der Waals surface area contributed by atoms with E-state index in [0.29, 0.717) is 16.2 Å². The fraction of sp³-hybridized carbons (Fsp3) is 1.00. The fourth-order valence-corrected chi connectivity index (χ4v) is 14.6. The predicted molar refractivity (Wildman–Crippen MR) is 78.5 cm³/mol.